The first-order valence-electron chi connectivity index (χ1n) is 4.27. The van der Waals surface area contributed by atoms with Gasteiger partial charge in [-0.05, 0) is 40.3 Å². The van der Waals surface area contributed by atoms with Crippen molar-refractivity contribution in [2.75, 3.05) is 0 Å². The second-order valence-corrected chi connectivity index (χ2v) is 4.22. The van der Waals surface area contributed by atoms with E-state index in [2.05, 4.69) is 34.7 Å². The van der Waals surface area contributed by atoms with Gasteiger partial charge >= 0.3 is 0 Å². The Bertz CT molecular complexity index is 371. The number of hydrogen-bond donors (Lipinski definition) is 0. The van der Waals surface area contributed by atoms with Crippen molar-refractivity contribution in [3.63, 3.8) is 0 Å². The third-order valence-electron chi connectivity index (χ3n) is 2.00. The first-order chi connectivity index (χ1) is 6.77. The first kappa shape index (κ1) is 11.0. The van der Waals surface area contributed by atoms with Gasteiger partial charge in [-0.25, -0.2) is 0 Å². The van der Waals surface area contributed by atoms with Crippen LogP contribution in [0.1, 0.15) is 24.3 Å². The maximum absolute atomic E-state index is 8.63. The highest BCUT2D eigenvalue weighted by Crippen LogP contribution is 2.23. The number of halogens is 1. The molecule has 0 saturated carbocycles. The van der Waals surface area contributed by atoms with E-state index >= 15 is 0 Å². The van der Waals surface area contributed by atoms with Crippen molar-refractivity contribution in [2.24, 2.45) is 0 Å². The zero-order valence-corrected chi connectivity index (χ0v) is 9.73. The summed E-state index contributed by atoms with van der Waals surface area (Å²) >= 11 is 2.23. The predicted octanol–water partition coefficient (Wildman–Crippen LogP) is 3.20. The molecule has 2 nitrogen and oxygen atoms in total. The van der Waals surface area contributed by atoms with Gasteiger partial charge in [0, 0.05) is 22.3 Å². The Hall–Kier alpha value is -1.07. The van der Waals surface area contributed by atoms with Gasteiger partial charge in [0.2, 0.25) is 0 Å². The lowest BCUT2D eigenvalue weighted by Gasteiger charge is -2.09. The van der Waals surface area contributed by atoms with Gasteiger partial charge in [-0.1, -0.05) is 12.1 Å². The van der Waals surface area contributed by atoms with Crippen LogP contribution in [0.15, 0.2) is 24.3 Å². The van der Waals surface area contributed by atoms with Crippen LogP contribution in [0.2, 0.25) is 0 Å². The van der Waals surface area contributed by atoms with Crippen molar-refractivity contribution >= 4 is 22.6 Å². The molecule has 0 N–H and O–H groups in total. The molecule has 1 aromatic carbocycles. The molecule has 0 unspecified atom stereocenters. The second-order valence-electron chi connectivity index (χ2n) is 2.98. The standard InChI is InChI=1S/C11H9IN2/c12-11-3-1-2-10(8-11)9(4-6-13)5-7-14/h1-3,8-9H,4-5H2. The first-order valence-corrected chi connectivity index (χ1v) is 5.35. The van der Waals surface area contributed by atoms with Crippen LogP contribution in [-0.4, -0.2) is 0 Å². The number of benzene rings is 1. The summed E-state index contributed by atoms with van der Waals surface area (Å²) in [7, 11) is 0. The molecule has 0 atom stereocenters. The van der Waals surface area contributed by atoms with E-state index in [9.17, 15) is 0 Å². The van der Waals surface area contributed by atoms with E-state index in [4.69, 9.17) is 10.5 Å². The number of nitrogens with zero attached hydrogens (tertiary/aromatic N) is 2. The average Bonchev–Trinajstić information content (AvgIpc) is 2.17. The molecule has 0 saturated heterocycles. The van der Waals surface area contributed by atoms with Crippen molar-refractivity contribution in [3.8, 4) is 12.1 Å². The molecule has 70 valence electrons. The molecule has 0 bridgehead atoms. The van der Waals surface area contributed by atoms with E-state index in [1.807, 2.05) is 24.3 Å². The number of hydrogen-bond acceptors (Lipinski definition) is 2. The molecule has 0 fully saturated rings. The average molecular weight is 296 g/mol. The van der Waals surface area contributed by atoms with Crippen LogP contribution >= 0.6 is 22.6 Å². The maximum Gasteiger partial charge on any atom is 0.0628 e. The highest BCUT2D eigenvalue weighted by atomic mass is 127. The van der Waals surface area contributed by atoms with Gasteiger partial charge in [0.05, 0.1) is 12.1 Å². The van der Waals surface area contributed by atoms with Gasteiger partial charge in [-0.2, -0.15) is 10.5 Å². The highest BCUT2D eigenvalue weighted by Gasteiger charge is 2.10. The minimum absolute atomic E-state index is 0.0553. The smallest absolute Gasteiger partial charge is 0.0628 e. The van der Waals surface area contributed by atoms with Gasteiger partial charge in [-0.3, -0.25) is 0 Å². The van der Waals surface area contributed by atoms with E-state index in [-0.39, 0.29) is 5.92 Å². The molecule has 0 amide bonds. The molecule has 0 heterocycles. The van der Waals surface area contributed by atoms with Crippen molar-refractivity contribution in [1.82, 2.24) is 0 Å². The molecular formula is C11H9IN2. The predicted molar refractivity (Wildman–Crippen MR) is 62.4 cm³/mol. The summed E-state index contributed by atoms with van der Waals surface area (Å²) in [6.07, 6.45) is 0.821. The summed E-state index contributed by atoms with van der Waals surface area (Å²) in [5.41, 5.74) is 1.08. The Labute approximate surface area is 97.3 Å². The third-order valence-corrected chi connectivity index (χ3v) is 2.67. The fourth-order valence-electron chi connectivity index (χ4n) is 1.29. The molecule has 0 aliphatic carbocycles. The lowest BCUT2D eigenvalue weighted by molar-refractivity contribution is 0.725. The minimum Gasteiger partial charge on any atom is -0.198 e. The van der Waals surface area contributed by atoms with Crippen LogP contribution in [0.3, 0.4) is 0 Å². The van der Waals surface area contributed by atoms with Crippen LogP contribution in [0.4, 0.5) is 0 Å². The Kier molecular flexibility index (Phi) is 4.42. The molecule has 1 rings (SSSR count). The van der Waals surface area contributed by atoms with Gasteiger partial charge in [0.15, 0.2) is 0 Å². The zero-order chi connectivity index (χ0) is 10.4. The van der Waals surface area contributed by atoms with Crippen LogP contribution in [0, 0.1) is 26.2 Å². The van der Waals surface area contributed by atoms with Crippen LogP contribution < -0.4 is 0 Å². The third kappa shape index (κ3) is 3.01. The van der Waals surface area contributed by atoms with Crippen LogP contribution in [-0.2, 0) is 0 Å². The quantitative estimate of drug-likeness (QED) is 0.804. The number of nitriles is 2. The van der Waals surface area contributed by atoms with Gasteiger partial charge in [-0.15, -0.1) is 0 Å². The zero-order valence-electron chi connectivity index (χ0n) is 7.57. The monoisotopic (exact) mass is 296 g/mol. The summed E-state index contributed by atoms with van der Waals surface area (Å²) in [4.78, 5) is 0. The van der Waals surface area contributed by atoms with Crippen molar-refractivity contribution in [1.29, 1.82) is 10.5 Å². The molecular weight excluding hydrogens is 287 g/mol. The Morgan fingerprint density at radius 1 is 1.21 bits per heavy atom. The largest absolute Gasteiger partial charge is 0.198 e. The molecule has 1 aromatic rings. The molecule has 0 spiro atoms. The summed E-state index contributed by atoms with van der Waals surface area (Å²) in [6, 6.07) is 12.2. The minimum atomic E-state index is 0.0553. The molecule has 3 heteroatoms. The van der Waals surface area contributed by atoms with Crippen LogP contribution in [0.25, 0.3) is 0 Å². The lowest BCUT2D eigenvalue weighted by Crippen LogP contribution is -1.96. The number of rotatable bonds is 3. The van der Waals surface area contributed by atoms with Crippen molar-refractivity contribution in [3.05, 3.63) is 33.4 Å². The molecule has 0 aliphatic heterocycles. The van der Waals surface area contributed by atoms with Gasteiger partial charge < -0.3 is 0 Å². The summed E-state index contributed by atoms with van der Waals surface area (Å²) < 4.78 is 1.14. The van der Waals surface area contributed by atoms with Gasteiger partial charge in [0.25, 0.3) is 0 Å². The molecule has 0 aromatic heterocycles. The van der Waals surface area contributed by atoms with E-state index in [0.29, 0.717) is 12.8 Å². The normalized spacial score (nSPS) is 9.43. The van der Waals surface area contributed by atoms with E-state index < -0.39 is 0 Å². The van der Waals surface area contributed by atoms with E-state index in [1.165, 1.54) is 0 Å². The van der Waals surface area contributed by atoms with Gasteiger partial charge in [0.1, 0.15) is 0 Å². The van der Waals surface area contributed by atoms with E-state index in [0.717, 1.165) is 9.13 Å². The SMILES string of the molecule is N#CCC(CC#N)c1cccc(I)c1. The Balaban J connectivity index is 2.89. The summed E-state index contributed by atoms with van der Waals surface area (Å²) in [5.74, 6) is 0.0553. The summed E-state index contributed by atoms with van der Waals surface area (Å²) in [6.45, 7) is 0. The lowest BCUT2D eigenvalue weighted by atomic mass is 9.94. The molecule has 14 heavy (non-hydrogen) atoms. The topological polar surface area (TPSA) is 47.6 Å². The summed E-state index contributed by atoms with van der Waals surface area (Å²) in [5, 5.41) is 17.3. The Morgan fingerprint density at radius 2 is 1.86 bits per heavy atom. The van der Waals surface area contributed by atoms with Crippen LogP contribution in [0.5, 0.6) is 0 Å². The maximum atomic E-state index is 8.63. The second kappa shape index (κ2) is 5.62. The molecule has 0 radical (unpaired) electrons. The Morgan fingerprint density at radius 3 is 2.36 bits per heavy atom. The van der Waals surface area contributed by atoms with E-state index in [1.54, 1.807) is 0 Å². The fraction of sp³-hybridized carbons (Fsp3) is 0.273. The highest BCUT2D eigenvalue weighted by molar-refractivity contribution is 14.1. The van der Waals surface area contributed by atoms with Crippen molar-refractivity contribution < 1.29 is 0 Å². The van der Waals surface area contributed by atoms with Crippen molar-refractivity contribution in [2.45, 2.75) is 18.8 Å². The fourth-order valence-corrected chi connectivity index (χ4v) is 1.86. The molecule has 0 aliphatic rings.